The number of piperidine rings is 1. The van der Waals surface area contributed by atoms with E-state index in [1.54, 1.807) is 23.2 Å². The van der Waals surface area contributed by atoms with Crippen molar-refractivity contribution in [3.63, 3.8) is 0 Å². The van der Waals surface area contributed by atoms with Crippen LogP contribution in [0.3, 0.4) is 0 Å². The molecule has 0 radical (unpaired) electrons. The van der Waals surface area contributed by atoms with Crippen LogP contribution >= 0.6 is 0 Å². The third-order valence-electron chi connectivity index (χ3n) is 6.27. The zero-order valence-corrected chi connectivity index (χ0v) is 21.9. The van der Waals surface area contributed by atoms with Crippen molar-refractivity contribution >= 4 is 23.0 Å². The highest BCUT2D eigenvalue weighted by Gasteiger charge is 2.30. The van der Waals surface area contributed by atoms with E-state index >= 15 is 0 Å². The van der Waals surface area contributed by atoms with Crippen LogP contribution in [0, 0.1) is 0 Å². The highest BCUT2D eigenvalue weighted by molar-refractivity contribution is 6.07. The number of nitrogens with one attached hydrogen (secondary N) is 2. The Bertz CT molecular complexity index is 1340. The maximum atomic E-state index is 13.7. The molecule has 0 saturated carbocycles. The minimum atomic E-state index is -0.590. The van der Waals surface area contributed by atoms with E-state index in [4.69, 9.17) is 9.15 Å². The van der Waals surface area contributed by atoms with E-state index in [2.05, 4.69) is 31.1 Å². The normalized spacial score (nSPS) is 16.7. The third kappa shape index (κ3) is 5.48. The van der Waals surface area contributed by atoms with Crippen molar-refractivity contribution in [3.8, 4) is 11.1 Å². The van der Waals surface area contributed by atoms with Crippen molar-refractivity contribution in [1.82, 2.24) is 15.2 Å². The number of nitrogens with zero attached hydrogens (tertiary/aromatic N) is 1. The smallest absolute Gasteiger partial charge is 0.407 e. The summed E-state index contributed by atoms with van der Waals surface area (Å²) in [6.45, 7) is 12.6. The Kier molecular flexibility index (Phi) is 6.73. The maximum Gasteiger partial charge on any atom is 0.407 e. The predicted octanol–water partition coefficient (Wildman–Crippen LogP) is 5.21. The minimum absolute atomic E-state index is 0.164. The van der Waals surface area contributed by atoms with E-state index in [9.17, 15) is 14.4 Å². The number of aromatic nitrogens is 1. The van der Waals surface area contributed by atoms with Crippen LogP contribution < -0.4 is 10.9 Å². The molecule has 8 nitrogen and oxygen atoms in total. The van der Waals surface area contributed by atoms with Gasteiger partial charge in [-0.25, -0.2) is 4.79 Å². The van der Waals surface area contributed by atoms with Crippen molar-refractivity contribution in [2.45, 2.75) is 71.4 Å². The number of rotatable bonds is 3. The molecule has 1 fully saturated rings. The van der Waals surface area contributed by atoms with Gasteiger partial charge in [0.15, 0.2) is 0 Å². The zero-order valence-electron chi connectivity index (χ0n) is 21.9. The van der Waals surface area contributed by atoms with Crippen LogP contribution in [-0.2, 0) is 10.2 Å². The SMILES string of the molecule is CC(C)(C)OC(=O)N[C@H]1CCCN(C(=O)c2coc3c(C(C)(C)C)cc(-c4ccc[nH]c4=O)cc23)C1. The molecular formula is C28H35N3O5. The van der Waals surface area contributed by atoms with Gasteiger partial charge in [-0.05, 0) is 68.9 Å². The molecule has 1 aromatic carbocycles. The first kappa shape index (κ1) is 25.5. The molecule has 4 rings (SSSR count). The van der Waals surface area contributed by atoms with Crippen LogP contribution in [0.25, 0.3) is 22.1 Å². The van der Waals surface area contributed by atoms with Gasteiger partial charge in [-0.3, -0.25) is 9.59 Å². The molecule has 0 aliphatic carbocycles. The number of alkyl carbamates (subject to hydrolysis) is 1. The largest absolute Gasteiger partial charge is 0.463 e. The lowest BCUT2D eigenvalue weighted by molar-refractivity contribution is 0.0452. The van der Waals surface area contributed by atoms with Crippen LogP contribution in [-0.4, -0.2) is 46.6 Å². The predicted molar refractivity (Wildman–Crippen MR) is 139 cm³/mol. The number of benzene rings is 1. The van der Waals surface area contributed by atoms with Gasteiger partial charge < -0.3 is 24.4 Å². The second-order valence-electron chi connectivity index (χ2n) is 11.4. The Morgan fingerprint density at radius 3 is 2.58 bits per heavy atom. The summed E-state index contributed by atoms with van der Waals surface area (Å²) >= 11 is 0. The average molecular weight is 494 g/mol. The van der Waals surface area contributed by atoms with Crippen molar-refractivity contribution in [2.24, 2.45) is 0 Å². The lowest BCUT2D eigenvalue weighted by atomic mass is 9.84. The van der Waals surface area contributed by atoms with Gasteiger partial charge >= 0.3 is 6.09 Å². The van der Waals surface area contributed by atoms with Crippen LogP contribution in [0.15, 0.2) is 45.9 Å². The molecule has 36 heavy (non-hydrogen) atoms. The fourth-order valence-electron chi connectivity index (χ4n) is 4.59. The van der Waals surface area contributed by atoms with Crippen molar-refractivity contribution in [2.75, 3.05) is 13.1 Å². The van der Waals surface area contributed by atoms with Crippen LogP contribution in [0.2, 0.25) is 0 Å². The summed E-state index contributed by atoms with van der Waals surface area (Å²) in [5.41, 5.74) is 2.21. The van der Waals surface area contributed by atoms with Gasteiger partial charge in [0.25, 0.3) is 11.5 Å². The Morgan fingerprint density at radius 2 is 1.92 bits per heavy atom. The van der Waals surface area contributed by atoms with Gasteiger partial charge in [0.05, 0.1) is 5.56 Å². The summed E-state index contributed by atoms with van der Waals surface area (Å²) in [6.07, 6.45) is 4.15. The second kappa shape index (κ2) is 9.48. The summed E-state index contributed by atoms with van der Waals surface area (Å²) < 4.78 is 11.3. The number of hydrogen-bond donors (Lipinski definition) is 2. The van der Waals surface area contributed by atoms with E-state index in [-0.39, 0.29) is 22.9 Å². The van der Waals surface area contributed by atoms with E-state index in [0.717, 1.165) is 24.0 Å². The molecule has 1 saturated heterocycles. The van der Waals surface area contributed by atoms with Gasteiger partial charge in [0.1, 0.15) is 17.4 Å². The van der Waals surface area contributed by atoms with Crippen LogP contribution in [0.5, 0.6) is 0 Å². The highest BCUT2D eigenvalue weighted by Crippen LogP contribution is 2.37. The number of aromatic amines is 1. The summed E-state index contributed by atoms with van der Waals surface area (Å²) in [5, 5.41) is 3.57. The summed E-state index contributed by atoms with van der Waals surface area (Å²) in [6, 6.07) is 7.17. The van der Waals surface area contributed by atoms with Gasteiger partial charge in [-0.2, -0.15) is 0 Å². The molecule has 8 heteroatoms. The topological polar surface area (TPSA) is 105 Å². The number of H-pyrrole nitrogens is 1. The molecule has 1 aliphatic heterocycles. The van der Waals surface area contributed by atoms with Crippen molar-refractivity contribution in [1.29, 1.82) is 0 Å². The second-order valence-corrected chi connectivity index (χ2v) is 11.4. The molecule has 2 amide bonds. The lowest BCUT2D eigenvalue weighted by Gasteiger charge is -2.33. The lowest BCUT2D eigenvalue weighted by Crippen LogP contribution is -2.50. The van der Waals surface area contributed by atoms with E-state index < -0.39 is 11.7 Å². The summed E-state index contributed by atoms with van der Waals surface area (Å²) in [4.78, 5) is 42.9. The first-order chi connectivity index (χ1) is 16.8. The molecule has 0 spiro atoms. The fraction of sp³-hybridized carbons (Fsp3) is 0.464. The Hall–Kier alpha value is -3.55. The number of fused-ring (bicyclic) bond motifs is 1. The first-order valence-electron chi connectivity index (χ1n) is 12.4. The molecular weight excluding hydrogens is 458 g/mol. The van der Waals surface area contributed by atoms with Gasteiger partial charge in [-0.15, -0.1) is 0 Å². The van der Waals surface area contributed by atoms with E-state index in [1.165, 1.54) is 6.26 Å². The first-order valence-corrected chi connectivity index (χ1v) is 12.4. The number of pyridine rings is 1. The Morgan fingerprint density at radius 1 is 1.17 bits per heavy atom. The molecule has 192 valence electrons. The number of ether oxygens (including phenoxy) is 1. The highest BCUT2D eigenvalue weighted by atomic mass is 16.6. The van der Waals surface area contributed by atoms with Crippen molar-refractivity contribution in [3.05, 3.63) is 58.2 Å². The van der Waals surface area contributed by atoms with Crippen LogP contribution in [0.4, 0.5) is 4.79 Å². The molecule has 0 unspecified atom stereocenters. The number of furan rings is 1. The monoisotopic (exact) mass is 493 g/mol. The zero-order chi connectivity index (χ0) is 26.3. The van der Waals surface area contributed by atoms with Crippen molar-refractivity contribution < 1.29 is 18.7 Å². The van der Waals surface area contributed by atoms with Gasteiger partial charge in [0.2, 0.25) is 0 Å². The molecule has 1 atom stereocenters. The maximum absolute atomic E-state index is 13.7. The quantitative estimate of drug-likeness (QED) is 0.521. The number of carbonyl (C=O) groups is 2. The number of likely N-dealkylation sites (tertiary alicyclic amines) is 1. The molecule has 0 bridgehead atoms. The van der Waals surface area contributed by atoms with Crippen LogP contribution in [0.1, 0.15) is 70.3 Å². The fourth-order valence-corrected chi connectivity index (χ4v) is 4.59. The molecule has 3 aromatic rings. The molecule has 2 aromatic heterocycles. The number of amides is 2. The number of carbonyl (C=O) groups excluding carboxylic acids is 2. The minimum Gasteiger partial charge on any atom is -0.463 e. The average Bonchev–Trinajstić information content (AvgIpc) is 3.20. The molecule has 3 heterocycles. The Balaban J connectivity index is 1.67. The van der Waals surface area contributed by atoms with E-state index in [0.29, 0.717) is 35.2 Å². The molecule has 1 aliphatic rings. The standard InChI is InChI=1S/C28H35N3O5/c1-27(2,3)22-14-17(19-10-7-11-29-24(19)32)13-20-21(16-35-23(20)22)25(33)31-12-8-9-18(15-31)30-26(34)36-28(4,5)6/h7,10-11,13-14,16,18H,8-9,12,15H2,1-6H3,(H,29,32)(H,30,34)/t18-/m0/s1. The van der Waals surface area contributed by atoms with Gasteiger partial charge in [0, 0.05) is 41.8 Å². The Labute approximate surface area is 211 Å². The molecule has 2 N–H and O–H groups in total. The van der Waals surface area contributed by atoms with E-state index in [1.807, 2.05) is 32.9 Å². The number of hydrogen-bond acceptors (Lipinski definition) is 5. The summed E-state index contributed by atoms with van der Waals surface area (Å²) in [5.74, 6) is -0.164. The summed E-state index contributed by atoms with van der Waals surface area (Å²) in [7, 11) is 0. The third-order valence-corrected chi connectivity index (χ3v) is 6.27. The van der Waals surface area contributed by atoms with Gasteiger partial charge in [-0.1, -0.05) is 20.8 Å².